The number of hydrogen-bond donors (Lipinski definition) is 1. The number of hydrogen-bond acceptors (Lipinski definition) is 2. The molecule has 1 aromatic carbocycles. The molecule has 2 N–H and O–H groups in total. The third kappa shape index (κ3) is 2.48. The summed E-state index contributed by atoms with van der Waals surface area (Å²) in [5.41, 5.74) is 10.4. The second-order valence-electron chi connectivity index (χ2n) is 3.89. The van der Waals surface area contributed by atoms with E-state index < -0.39 is 0 Å². The van der Waals surface area contributed by atoms with Crippen molar-refractivity contribution in [2.24, 2.45) is 0 Å². The molecule has 1 atom stereocenters. The summed E-state index contributed by atoms with van der Waals surface area (Å²) >= 11 is 0. The monoisotopic (exact) mass is 193 g/mol. The van der Waals surface area contributed by atoms with Gasteiger partial charge in [0.1, 0.15) is 0 Å². The molecule has 1 rings (SSSR count). The van der Waals surface area contributed by atoms with E-state index in [0.717, 1.165) is 23.2 Å². The van der Waals surface area contributed by atoms with E-state index >= 15 is 0 Å². The van der Waals surface area contributed by atoms with Gasteiger partial charge in [-0.05, 0) is 43.9 Å². The number of methoxy groups -OCH3 is 1. The van der Waals surface area contributed by atoms with Gasteiger partial charge in [0.2, 0.25) is 0 Å². The Bertz CT molecular complexity index is 297. The number of nitrogens with two attached hydrogens (primary N) is 1. The highest BCUT2D eigenvalue weighted by Crippen LogP contribution is 2.19. The molecule has 0 spiro atoms. The molecule has 0 aromatic heterocycles. The zero-order valence-electron chi connectivity index (χ0n) is 9.42. The van der Waals surface area contributed by atoms with Crippen molar-refractivity contribution in [3.05, 3.63) is 28.8 Å². The summed E-state index contributed by atoms with van der Waals surface area (Å²) in [5, 5.41) is 0. The van der Waals surface area contributed by atoms with Crippen molar-refractivity contribution in [3.8, 4) is 0 Å². The number of benzene rings is 1. The zero-order chi connectivity index (χ0) is 10.7. The fraction of sp³-hybridized carbons (Fsp3) is 0.500. The Kier molecular flexibility index (Phi) is 3.53. The van der Waals surface area contributed by atoms with Gasteiger partial charge in [0, 0.05) is 12.8 Å². The summed E-state index contributed by atoms with van der Waals surface area (Å²) in [6.07, 6.45) is 1.20. The van der Waals surface area contributed by atoms with Crippen LogP contribution in [0.3, 0.4) is 0 Å². The van der Waals surface area contributed by atoms with Gasteiger partial charge < -0.3 is 10.5 Å². The Hall–Kier alpha value is -1.02. The minimum absolute atomic E-state index is 0.262. The smallest absolute Gasteiger partial charge is 0.0583 e. The van der Waals surface area contributed by atoms with Crippen molar-refractivity contribution in [2.75, 3.05) is 12.8 Å². The molecule has 2 nitrogen and oxygen atoms in total. The maximum atomic E-state index is 5.88. The summed E-state index contributed by atoms with van der Waals surface area (Å²) in [5.74, 6) is 0. The van der Waals surface area contributed by atoms with E-state index in [2.05, 4.69) is 19.1 Å². The van der Waals surface area contributed by atoms with Crippen molar-refractivity contribution in [1.82, 2.24) is 0 Å². The Labute approximate surface area is 86.1 Å². The van der Waals surface area contributed by atoms with Crippen LogP contribution in [0.25, 0.3) is 0 Å². The van der Waals surface area contributed by atoms with Crippen LogP contribution < -0.4 is 5.73 Å². The van der Waals surface area contributed by atoms with Gasteiger partial charge in [0.25, 0.3) is 0 Å². The predicted octanol–water partition coefficient (Wildman–Crippen LogP) is 2.46. The molecule has 0 saturated carbocycles. The molecule has 0 radical (unpaired) electrons. The molecule has 0 aliphatic heterocycles. The minimum Gasteiger partial charge on any atom is -0.398 e. The fourth-order valence-electron chi connectivity index (χ4n) is 1.60. The topological polar surface area (TPSA) is 35.2 Å². The SMILES string of the molecule is COC(C)Cc1cc(C)c(N)c(C)c1. The maximum absolute atomic E-state index is 5.88. The van der Waals surface area contributed by atoms with E-state index in [-0.39, 0.29) is 6.10 Å². The standard InChI is InChI=1S/C12H19NO/c1-8-5-11(7-10(3)14-4)6-9(2)12(8)13/h5-6,10H,7,13H2,1-4H3. The fourth-order valence-corrected chi connectivity index (χ4v) is 1.60. The van der Waals surface area contributed by atoms with E-state index in [0.29, 0.717) is 0 Å². The number of nitrogen functional groups attached to an aromatic ring is 1. The normalized spacial score (nSPS) is 12.9. The predicted molar refractivity (Wildman–Crippen MR) is 60.5 cm³/mol. The van der Waals surface area contributed by atoms with E-state index in [1.54, 1.807) is 7.11 Å². The number of aryl methyl sites for hydroxylation is 2. The average molecular weight is 193 g/mol. The van der Waals surface area contributed by atoms with Crippen LogP contribution in [-0.4, -0.2) is 13.2 Å². The molecule has 78 valence electrons. The van der Waals surface area contributed by atoms with Gasteiger partial charge in [-0.1, -0.05) is 12.1 Å². The summed E-state index contributed by atoms with van der Waals surface area (Å²) in [6.45, 7) is 6.16. The van der Waals surface area contributed by atoms with E-state index in [1.807, 2.05) is 13.8 Å². The molecular weight excluding hydrogens is 174 g/mol. The first kappa shape index (κ1) is 11.1. The van der Waals surface area contributed by atoms with Gasteiger partial charge in [0.05, 0.1) is 6.10 Å². The lowest BCUT2D eigenvalue weighted by molar-refractivity contribution is 0.119. The van der Waals surface area contributed by atoms with Crippen LogP contribution in [0.1, 0.15) is 23.6 Å². The lowest BCUT2D eigenvalue weighted by atomic mass is 10.0. The van der Waals surface area contributed by atoms with Crippen LogP contribution in [0.5, 0.6) is 0 Å². The van der Waals surface area contributed by atoms with E-state index in [9.17, 15) is 0 Å². The second kappa shape index (κ2) is 4.47. The first-order valence-electron chi connectivity index (χ1n) is 4.93. The molecule has 2 heteroatoms. The van der Waals surface area contributed by atoms with Crippen molar-refractivity contribution < 1.29 is 4.74 Å². The lowest BCUT2D eigenvalue weighted by Gasteiger charge is -2.12. The Morgan fingerprint density at radius 3 is 2.21 bits per heavy atom. The molecule has 0 amide bonds. The molecular formula is C12H19NO. The van der Waals surface area contributed by atoms with Gasteiger partial charge in [-0.3, -0.25) is 0 Å². The number of anilines is 1. The van der Waals surface area contributed by atoms with Crippen LogP contribution in [0.2, 0.25) is 0 Å². The van der Waals surface area contributed by atoms with Crippen LogP contribution in [-0.2, 0) is 11.2 Å². The third-order valence-corrected chi connectivity index (χ3v) is 2.58. The van der Waals surface area contributed by atoms with Crippen molar-refractivity contribution >= 4 is 5.69 Å². The summed E-state index contributed by atoms with van der Waals surface area (Å²) in [7, 11) is 1.74. The third-order valence-electron chi connectivity index (χ3n) is 2.58. The molecule has 0 aliphatic carbocycles. The minimum atomic E-state index is 0.262. The summed E-state index contributed by atoms with van der Waals surface area (Å²) < 4.78 is 5.23. The van der Waals surface area contributed by atoms with Crippen molar-refractivity contribution in [3.63, 3.8) is 0 Å². The molecule has 0 fully saturated rings. The molecule has 0 aliphatic rings. The average Bonchev–Trinajstić information content (AvgIpc) is 2.14. The number of rotatable bonds is 3. The molecule has 1 unspecified atom stereocenters. The highest BCUT2D eigenvalue weighted by atomic mass is 16.5. The largest absolute Gasteiger partial charge is 0.398 e. The Balaban J connectivity index is 2.89. The van der Waals surface area contributed by atoms with E-state index in [4.69, 9.17) is 10.5 Å². The van der Waals surface area contributed by atoms with Gasteiger partial charge in [-0.25, -0.2) is 0 Å². The quantitative estimate of drug-likeness (QED) is 0.748. The number of ether oxygens (including phenoxy) is 1. The first-order chi connectivity index (χ1) is 6.54. The van der Waals surface area contributed by atoms with Crippen LogP contribution in [0, 0.1) is 13.8 Å². The van der Waals surface area contributed by atoms with Crippen LogP contribution in [0.4, 0.5) is 5.69 Å². The van der Waals surface area contributed by atoms with Crippen molar-refractivity contribution in [2.45, 2.75) is 33.3 Å². The highest BCUT2D eigenvalue weighted by Gasteiger charge is 2.05. The second-order valence-corrected chi connectivity index (χ2v) is 3.89. The van der Waals surface area contributed by atoms with Crippen molar-refractivity contribution in [1.29, 1.82) is 0 Å². The van der Waals surface area contributed by atoms with Gasteiger partial charge in [-0.2, -0.15) is 0 Å². The summed E-state index contributed by atoms with van der Waals surface area (Å²) in [4.78, 5) is 0. The van der Waals surface area contributed by atoms with Gasteiger partial charge in [-0.15, -0.1) is 0 Å². The maximum Gasteiger partial charge on any atom is 0.0583 e. The first-order valence-corrected chi connectivity index (χ1v) is 4.93. The highest BCUT2D eigenvalue weighted by molar-refractivity contribution is 5.54. The molecule has 1 aromatic rings. The molecule has 0 heterocycles. The van der Waals surface area contributed by atoms with E-state index in [1.165, 1.54) is 5.56 Å². The molecule has 14 heavy (non-hydrogen) atoms. The molecule has 0 saturated heterocycles. The van der Waals surface area contributed by atoms with Gasteiger partial charge in [0.15, 0.2) is 0 Å². The summed E-state index contributed by atoms with van der Waals surface area (Å²) in [6, 6.07) is 4.27. The Morgan fingerprint density at radius 1 is 1.29 bits per heavy atom. The molecule has 0 bridgehead atoms. The van der Waals surface area contributed by atoms with Crippen LogP contribution in [0.15, 0.2) is 12.1 Å². The lowest BCUT2D eigenvalue weighted by Crippen LogP contribution is -2.09. The van der Waals surface area contributed by atoms with Crippen LogP contribution >= 0.6 is 0 Å². The zero-order valence-corrected chi connectivity index (χ0v) is 9.42. The Morgan fingerprint density at radius 2 is 1.79 bits per heavy atom. The van der Waals surface area contributed by atoms with Gasteiger partial charge >= 0.3 is 0 Å².